The number of anilines is 1. The Kier molecular flexibility index (Phi) is 4.25. The van der Waals surface area contributed by atoms with Crippen LogP contribution in [0.5, 0.6) is 0 Å². The lowest BCUT2D eigenvalue weighted by atomic mass is 10.2. The van der Waals surface area contributed by atoms with E-state index in [4.69, 9.17) is 5.26 Å². The second kappa shape index (κ2) is 5.91. The number of benzene rings is 2. The third-order valence-electron chi connectivity index (χ3n) is 2.48. The predicted molar refractivity (Wildman–Crippen MR) is 80.5 cm³/mol. The molecule has 0 saturated heterocycles. The van der Waals surface area contributed by atoms with Gasteiger partial charge in [0.15, 0.2) is 0 Å². The van der Waals surface area contributed by atoms with Crippen molar-refractivity contribution in [3.8, 4) is 6.07 Å². The van der Waals surface area contributed by atoms with Crippen molar-refractivity contribution in [3.05, 3.63) is 58.1 Å². The summed E-state index contributed by atoms with van der Waals surface area (Å²) in [6.45, 7) is 0. The summed E-state index contributed by atoms with van der Waals surface area (Å²) in [5.74, 6) is -0.209. The van der Waals surface area contributed by atoms with E-state index < -0.39 is 0 Å². The second-order valence-corrected chi connectivity index (χ2v) is 5.18. The molecule has 3 nitrogen and oxygen atoms in total. The molecule has 5 heteroatoms. The number of halogens is 1. The molecular formula is C14H9BrN2OS. The van der Waals surface area contributed by atoms with E-state index in [0.29, 0.717) is 21.3 Å². The molecule has 2 aromatic carbocycles. The Balaban J connectivity index is 2.20. The monoisotopic (exact) mass is 332 g/mol. The summed E-state index contributed by atoms with van der Waals surface area (Å²) in [6, 6.07) is 14.0. The van der Waals surface area contributed by atoms with Crippen LogP contribution in [0.1, 0.15) is 15.9 Å². The minimum atomic E-state index is -0.209. The molecule has 1 amide bonds. The van der Waals surface area contributed by atoms with Crippen molar-refractivity contribution in [3.63, 3.8) is 0 Å². The van der Waals surface area contributed by atoms with Crippen LogP contribution in [0.2, 0.25) is 0 Å². The highest BCUT2D eigenvalue weighted by molar-refractivity contribution is 9.10. The van der Waals surface area contributed by atoms with Gasteiger partial charge in [-0.25, -0.2) is 0 Å². The molecule has 94 valence electrons. The van der Waals surface area contributed by atoms with Crippen LogP contribution in [0.3, 0.4) is 0 Å². The van der Waals surface area contributed by atoms with Crippen LogP contribution in [0, 0.1) is 11.3 Å². The number of amides is 1. The number of hydrogen-bond acceptors (Lipinski definition) is 3. The number of nitrogens with zero attached hydrogens (tertiary/aromatic N) is 1. The maximum absolute atomic E-state index is 12.0. The normalized spacial score (nSPS) is 9.74. The van der Waals surface area contributed by atoms with Gasteiger partial charge in [-0.2, -0.15) is 5.26 Å². The number of nitrogens with one attached hydrogen (secondary N) is 1. The minimum absolute atomic E-state index is 0.209. The van der Waals surface area contributed by atoms with Gasteiger partial charge >= 0.3 is 0 Å². The number of thiol groups is 1. The van der Waals surface area contributed by atoms with E-state index in [9.17, 15) is 4.79 Å². The van der Waals surface area contributed by atoms with Crippen molar-refractivity contribution in [2.24, 2.45) is 0 Å². The summed E-state index contributed by atoms with van der Waals surface area (Å²) >= 11 is 7.49. The Hall–Kier alpha value is -1.77. The van der Waals surface area contributed by atoms with Crippen LogP contribution < -0.4 is 5.32 Å². The average molecular weight is 333 g/mol. The number of hydrogen-bond donors (Lipinski definition) is 2. The lowest BCUT2D eigenvalue weighted by Gasteiger charge is -2.07. The van der Waals surface area contributed by atoms with Crippen molar-refractivity contribution in [1.29, 1.82) is 5.26 Å². The fraction of sp³-hybridized carbons (Fsp3) is 0. The maximum Gasteiger partial charge on any atom is 0.255 e. The molecule has 0 spiro atoms. The van der Waals surface area contributed by atoms with Gasteiger partial charge in [0.25, 0.3) is 5.91 Å². The predicted octanol–water partition coefficient (Wildman–Crippen LogP) is 3.86. The topological polar surface area (TPSA) is 52.9 Å². The highest BCUT2D eigenvalue weighted by Crippen LogP contribution is 2.24. The summed E-state index contributed by atoms with van der Waals surface area (Å²) < 4.78 is 0.672. The first kappa shape index (κ1) is 13.7. The van der Waals surface area contributed by atoms with Crippen molar-refractivity contribution in [2.45, 2.75) is 4.90 Å². The van der Waals surface area contributed by atoms with E-state index in [0.717, 1.165) is 4.90 Å². The molecule has 0 bridgehead atoms. The SMILES string of the molecule is N#Cc1ccc(NC(=O)c2ccc(S)cc2)c(Br)c1. The van der Waals surface area contributed by atoms with Crippen LogP contribution in [-0.2, 0) is 0 Å². The molecule has 19 heavy (non-hydrogen) atoms. The zero-order valence-electron chi connectivity index (χ0n) is 9.72. The summed E-state index contributed by atoms with van der Waals surface area (Å²) in [6.07, 6.45) is 0. The van der Waals surface area contributed by atoms with Gasteiger partial charge in [-0.3, -0.25) is 4.79 Å². The second-order valence-electron chi connectivity index (χ2n) is 3.81. The first-order valence-corrected chi connectivity index (χ1v) is 6.64. The molecule has 0 unspecified atom stereocenters. The third kappa shape index (κ3) is 3.37. The Morgan fingerprint density at radius 3 is 2.47 bits per heavy atom. The van der Waals surface area contributed by atoms with Crippen molar-refractivity contribution in [2.75, 3.05) is 5.32 Å². The van der Waals surface area contributed by atoms with Crippen LogP contribution in [0.4, 0.5) is 5.69 Å². The molecule has 0 radical (unpaired) electrons. The standard InChI is InChI=1S/C14H9BrN2OS/c15-12-7-9(8-16)1-6-13(12)17-14(18)10-2-4-11(19)5-3-10/h1-7,19H,(H,17,18). The van der Waals surface area contributed by atoms with Crippen molar-refractivity contribution in [1.82, 2.24) is 0 Å². The van der Waals surface area contributed by atoms with Crippen molar-refractivity contribution < 1.29 is 4.79 Å². The van der Waals surface area contributed by atoms with Gasteiger partial charge in [0.1, 0.15) is 0 Å². The van der Waals surface area contributed by atoms with Crippen LogP contribution in [0.15, 0.2) is 51.8 Å². The zero-order valence-corrected chi connectivity index (χ0v) is 12.2. The van der Waals surface area contributed by atoms with E-state index in [1.165, 1.54) is 0 Å². The summed E-state index contributed by atoms with van der Waals surface area (Å²) in [4.78, 5) is 12.8. The molecule has 1 N–H and O–H groups in total. The van der Waals surface area contributed by atoms with Crippen LogP contribution >= 0.6 is 28.6 Å². The quantitative estimate of drug-likeness (QED) is 0.820. The van der Waals surface area contributed by atoms with E-state index in [2.05, 4.69) is 33.9 Å². The molecule has 0 fully saturated rings. The van der Waals surface area contributed by atoms with Gasteiger partial charge in [-0.1, -0.05) is 0 Å². The van der Waals surface area contributed by atoms with Gasteiger partial charge in [0.2, 0.25) is 0 Å². The molecule has 0 atom stereocenters. The molecule has 0 heterocycles. The Labute approximate surface area is 124 Å². The highest BCUT2D eigenvalue weighted by Gasteiger charge is 2.08. The zero-order chi connectivity index (χ0) is 13.8. The van der Waals surface area contributed by atoms with E-state index in [1.54, 1.807) is 42.5 Å². The first-order valence-electron chi connectivity index (χ1n) is 5.40. The maximum atomic E-state index is 12.0. The van der Waals surface area contributed by atoms with Gasteiger partial charge in [0, 0.05) is 14.9 Å². The average Bonchev–Trinajstić information content (AvgIpc) is 2.41. The molecule has 2 aromatic rings. The molecule has 2 rings (SSSR count). The summed E-state index contributed by atoms with van der Waals surface area (Å²) in [5, 5.41) is 11.6. The van der Waals surface area contributed by atoms with Gasteiger partial charge < -0.3 is 5.32 Å². The molecule has 0 aliphatic heterocycles. The lowest BCUT2D eigenvalue weighted by molar-refractivity contribution is 0.102. The summed E-state index contributed by atoms with van der Waals surface area (Å²) in [7, 11) is 0. The number of carbonyl (C=O) groups is 1. The van der Waals surface area contributed by atoms with Crippen LogP contribution in [-0.4, -0.2) is 5.91 Å². The molecular weight excluding hydrogens is 324 g/mol. The van der Waals surface area contributed by atoms with E-state index >= 15 is 0 Å². The van der Waals surface area contributed by atoms with E-state index in [-0.39, 0.29) is 5.91 Å². The molecule has 0 aliphatic carbocycles. The smallest absolute Gasteiger partial charge is 0.255 e. The Morgan fingerprint density at radius 2 is 1.89 bits per heavy atom. The third-order valence-corrected chi connectivity index (χ3v) is 3.43. The van der Waals surface area contributed by atoms with Gasteiger partial charge in [-0.05, 0) is 58.4 Å². The number of rotatable bonds is 2. The van der Waals surface area contributed by atoms with Crippen LogP contribution in [0.25, 0.3) is 0 Å². The first-order chi connectivity index (χ1) is 9.10. The fourth-order valence-corrected chi connectivity index (χ4v) is 2.12. The number of nitriles is 1. The Bertz CT molecular complexity index is 662. The van der Waals surface area contributed by atoms with Gasteiger partial charge in [-0.15, -0.1) is 12.6 Å². The molecule has 0 aliphatic rings. The molecule has 0 saturated carbocycles. The Morgan fingerprint density at radius 1 is 1.21 bits per heavy atom. The van der Waals surface area contributed by atoms with Gasteiger partial charge in [0.05, 0.1) is 17.3 Å². The lowest BCUT2D eigenvalue weighted by Crippen LogP contribution is -2.12. The minimum Gasteiger partial charge on any atom is -0.321 e. The number of carbonyl (C=O) groups excluding carboxylic acids is 1. The summed E-state index contributed by atoms with van der Waals surface area (Å²) in [5.41, 5.74) is 1.71. The fourth-order valence-electron chi connectivity index (χ4n) is 1.49. The molecule has 0 aromatic heterocycles. The van der Waals surface area contributed by atoms with E-state index in [1.807, 2.05) is 6.07 Å². The largest absolute Gasteiger partial charge is 0.321 e. The highest BCUT2D eigenvalue weighted by atomic mass is 79.9. The van der Waals surface area contributed by atoms with Crippen molar-refractivity contribution >= 4 is 40.2 Å².